The van der Waals surface area contributed by atoms with Crippen molar-refractivity contribution in [1.82, 2.24) is 10.3 Å². The quantitative estimate of drug-likeness (QED) is 0.571. The summed E-state index contributed by atoms with van der Waals surface area (Å²) in [5.74, 6) is -0.296. The van der Waals surface area contributed by atoms with Gasteiger partial charge in [0.05, 0.1) is 12.7 Å². The molecule has 0 saturated heterocycles. The van der Waals surface area contributed by atoms with Crippen molar-refractivity contribution in [3.05, 3.63) is 76.8 Å². The number of hydrogen-bond acceptors (Lipinski definition) is 5. The van der Waals surface area contributed by atoms with Crippen LogP contribution in [0.5, 0.6) is 5.75 Å². The SMILES string of the molecule is COc1ccccc1C(=O)NC(C(=O)Nc1ncc(Cc2ccccc2)s1)C(C)C. The van der Waals surface area contributed by atoms with Crippen LogP contribution in [0.2, 0.25) is 0 Å². The molecule has 30 heavy (non-hydrogen) atoms. The van der Waals surface area contributed by atoms with E-state index in [0.717, 1.165) is 11.3 Å². The van der Waals surface area contributed by atoms with Crippen molar-refractivity contribution in [2.24, 2.45) is 5.92 Å². The molecule has 3 aromatic rings. The van der Waals surface area contributed by atoms with Crippen molar-refractivity contribution in [2.75, 3.05) is 12.4 Å². The predicted molar refractivity (Wildman–Crippen MR) is 119 cm³/mol. The van der Waals surface area contributed by atoms with Gasteiger partial charge in [0.2, 0.25) is 5.91 Å². The van der Waals surface area contributed by atoms with Gasteiger partial charge in [0, 0.05) is 17.5 Å². The summed E-state index contributed by atoms with van der Waals surface area (Å²) in [4.78, 5) is 30.9. The maximum atomic E-state index is 12.9. The van der Waals surface area contributed by atoms with Gasteiger partial charge in [-0.25, -0.2) is 4.98 Å². The normalized spacial score (nSPS) is 11.7. The zero-order valence-corrected chi connectivity index (χ0v) is 18.0. The van der Waals surface area contributed by atoms with Crippen molar-refractivity contribution < 1.29 is 14.3 Å². The molecule has 2 aromatic carbocycles. The van der Waals surface area contributed by atoms with E-state index in [2.05, 4.69) is 27.8 Å². The molecule has 0 spiro atoms. The Balaban J connectivity index is 1.66. The van der Waals surface area contributed by atoms with Crippen molar-refractivity contribution >= 4 is 28.3 Å². The van der Waals surface area contributed by atoms with Crippen LogP contribution >= 0.6 is 11.3 Å². The van der Waals surface area contributed by atoms with Gasteiger partial charge in [0.25, 0.3) is 5.91 Å². The van der Waals surface area contributed by atoms with E-state index in [0.29, 0.717) is 16.4 Å². The maximum absolute atomic E-state index is 12.9. The minimum Gasteiger partial charge on any atom is -0.496 e. The van der Waals surface area contributed by atoms with E-state index in [1.54, 1.807) is 30.5 Å². The number of carbonyl (C=O) groups is 2. The molecular weight excluding hydrogens is 398 g/mol. The fraction of sp³-hybridized carbons (Fsp3) is 0.261. The van der Waals surface area contributed by atoms with E-state index in [1.165, 1.54) is 24.0 Å². The molecule has 0 aliphatic carbocycles. The van der Waals surface area contributed by atoms with Crippen LogP contribution in [0.1, 0.15) is 34.6 Å². The lowest BCUT2D eigenvalue weighted by Crippen LogP contribution is -2.47. The molecule has 0 radical (unpaired) electrons. The van der Waals surface area contributed by atoms with Crippen molar-refractivity contribution in [3.8, 4) is 5.75 Å². The van der Waals surface area contributed by atoms with Gasteiger partial charge >= 0.3 is 0 Å². The molecule has 1 atom stereocenters. The maximum Gasteiger partial charge on any atom is 0.255 e. The third kappa shape index (κ3) is 5.45. The minimum absolute atomic E-state index is 0.104. The average Bonchev–Trinajstić information content (AvgIpc) is 3.18. The highest BCUT2D eigenvalue weighted by atomic mass is 32.1. The number of ether oxygens (including phenoxy) is 1. The Morgan fingerprint density at radius 1 is 1.07 bits per heavy atom. The van der Waals surface area contributed by atoms with Crippen molar-refractivity contribution in [2.45, 2.75) is 26.3 Å². The topological polar surface area (TPSA) is 80.3 Å². The highest BCUT2D eigenvalue weighted by Crippen LogP contribution is 2.22. The predicted octanol–water partition coefficient (Wildman–Crippen LogP) is 4.14. The Morgan fingerprint density at radius 2 is 1.77 bits per heavy atom. The van der Waals surface area contributed by atoms with Gasteiger partial charge < -0.3 is 15.4 Å². The highest BCUT2D eigenvalue weighted by molar-refractivity contribution is 7.15. The van der Waals surface area contributed by atoms with Crippen molar-refractivity contribution in [3.63, 3.8) is 0 Å². The van der Waals surface area contributed by atoms with Gasteiger partial charge in [0.15, 0.2) is 5.13 Å². The fourth-order valence-electron chi connectivity index (χ4n) is 3.01. The van der Waals surface area contributed by atoms with Gasteiger partial charge in [-0.2, -0.15) is 0 Å². The van der Waals surface area contributed by atoms with Crippen LogP contribution < -0.4 is 15.4 Å². The third-order valence-electron chi connectivity index (χ3n) is 4.59. The number of hydrogen-bond donors (Lipinski definition) is 2. The summed E-state index contributed by atoms with van der Waals surface area (Å²) in [6, 6.07) is 16.3. The number of carbonyl (C=O) groups excluding carboxylic acids is 2. The molecule has 7 heteroatoms. The zero-order chi connectivity index (χ0) is 21.5. The van der Waals surface area contributed by atoms with Crippen LogP contribution in [0.25, 0.3) is 0 Å². The second kappa shape index (κ2) is 10.0. The molecule has 0 saturated carbocycles. The lowest BCUT2D eigenvalue weighted by atomic mass is 10.0. The summed E-state index contributed by atoms with van der Waals surface area (Å²) in [6.45, 7) is 3.77. The van der Waals surface area contributed by atoms with E-state index >= 15 is 0 Å². The van der Waals surface area contributed by atoms with E-state index < -0.39 is 6.04 Å². The lowest BCUT2D eigenvalue weighted by molar-refractivity contribution is -0.118. The molecule has 1 unspecified atom stereocenters. The molecule has 0 aliphatic heterocycles. The summed E-state index contributed by atoms with van der Waals surface area (Å²) >= 11 is 1.43. The smallest absolute Gasteiger partial charge is 0.255 e. The first-order chi connectivity index (χ1) is 14.5. The Labute approximate surface area is 180 Å². The summed E-state index contributed by atoms with van der Waals surface area (Å²) in [6.07, 6.45) is 2.53. The van der Waals surface area contributed by atoms with E-state index in [4.69, 9.17) is 4.74 Å². The number of amides is 2. The van der Waals surface area contributed by atoms with Gasteiger partial charge in [-0.15, -0.1) is 11.3 Å². The van der Waals surface area contributed by atoms with Gasteiger partial charge in [-0.05, 0) is 23.6 Å². The highest BCUT2D eigenvalue weighted by Gasteiger charge is 2.26. The van der Waals surface area contributed by atoms with Crippen LogP contribution in [0.15, 0.2) is 60.8 Å². The molecule has 156 valence electrons. The van der Waals surface area contributed by atoms with E-state index in [-0.39, 0.29) is 17.7 Å². The first kappa shape index (κ1) is 21.5. The summed E-state index contributed by atoms with van der Waals surface area (Å²) in [7, 11) is 1.51. The Hall–Kier alpha value is -3.19. The number of benzene rings is 2. The Bertz CT molecular complexity index is 1000. The van der Waals surface area contributed by atoms with Crippen LogP contribution in [-0.2, 0) is 11.2 Å². The first-order valence-electron chi connectivity index (χ1n) is 9.71. The number of thiazole rings is 1. The molecule has 3 rings (SSSR count). The minimum atomic E-state index is -0.705. The van der Waals surface area contributed by atoms with Gasteiger partial charge in [-0.1, -0.05) is 56.3 Å². The molecule has 0 bridgehead atoms. The monoisotopic (exact) mass is 423 g/mol. The number of rotatable bonds is 8. The Kier molecular flexibility index (Phi) is 7.19. The molecule has 1 heterocycles. The number of nitrogens with zero attached hydrogens (tertiary/aromatic N) is 1. The third-order valence-corrected chi connectivity index (χ3v) is 5.50. The molecule has 2 amide bonds. The van der Waals surface area contributed by atoms with Gasteiger partial charge in [-0.3, -0.25) is 9.59 Å². The summed E-state index contributed by atoms with van der Waals surface area (Å²) < 4.78 is 5.25. The fourth-order valence-corrected chi connectivity index (χ4v) is 3.86. The Morgan fingerprint density at radius 3 is 2.47 bits per heavy atom. The molecular formula is C23H25N3O3S. The number of anilines is 1. The number of aromatic nitrogens is 1. The second-order valence-corrected chi connectivity index (χ2v) is 8.29. The molecule has 2 N–H and O–H groups in total. The van der Waals surface area contributed by atoms with Crippen LogP contribution in [0.4, 0.5) is 5.13 Å². The van der Waals surface area contributed by atoms with Crippen molar-refractivity contribution in [1.29, 1.82) is 0 Å². The molecule has 1 aromatic heterocycles. The molecule has 0 aliphatic rings. The van der Waals surface area contributed by atoms with Crippen LogP contribution in [-0.4, -0.2) is 29.9 Å². The summed E-state index contributed by atoms with van der Waals surface area (Å²) in [5, 5.41) is 6.17. The molecule has 0 fully saturated rings. The summed E-state index contributed by atoms with van der Waals surface area (Å²) in [5.41, 5.74) is 1.57. The second-order valence-electron chi connectivity index (χ2n) is 7.18. The van der Waals surface area contributed by atoms with Crippen LogP contribution in [0, 0.1) is 5.92 Å². The first-order valence-corrected chi connectivity index (χ1v) is 10.5. The van der Waals surface area contributed by atoms with E-state index in [9.17, 15) is 9.59 Å². The van der Waals surface area contributed by atoms with E-state index in [1.807, 2.05) is 32.0 Å². The largest absolute Gasteiger partial charge is 0.496 e. The standard InChI is InChI=1S/C23H25N3O3S/c1-15(2)20(25-21(27)18-11-7-8-12-19(18)29-3)22(28)26-23-24-14-17(30-23)13-16-9-5-4-6-10-16/h4-12,14-15,20H,13H2,1-3H3,(H,25,27)(H,24,26,28). The number of nitrogens with one attached hydrogen (secondary N) is 2. The molecule has 6 nitrogen and oxygen atoms in total. The van der Waals surface area contributed by atoms with Crippen LogP contribution in [0.3, 0.4) is 0 Å². The number of para-hydroxylation sites is 1. The average molecular weight is 424 g/mol. The lowest BCUT2D eigenvalue weighted by Gasteiger charge is -2.21. The number of methoxy groups -OCH3 is 1. The van der Waals surface area contributed by atoms with Gasteiger partial charge in [0.1, 0.15) is 11.8 Å². The zero-order valence-electron chi connectivity index (χ0n) is 17.2.